The van der Waals surface area contributed by atoms with Crippen molar-refractivity contribution in [1.82, 2.24) is 4.68 Å². The second-order valence-electron chi connectivity index (χ2n) is 3.75. The zero-order valence-electron chi connectivity index (χ0n) is 8.69. The molecule has 0 unspecified atom stereocenters. The quantitative estimate of drug-likeness (QED) is 0.671. The molecular formula is C10H17N3O2. The Balaban J connectivity index is 2.13. The molecule has 15 heavy (non-hydrogen) atoms. The molecule has 0 aliphatic carbocycles. The predicted molar refractivity (Wildman–Crippen MR) is 58.9 cm³/mol. The van der Waals surface area contributed by atoms with E-state index in [9.17, 15) is 5.11 Å². The van der Waals surface area contributed by atoms with E-state index in [-0.39, 0.29) is 12.4 Å². The van der Waals surface area contributed by atoms with E-state index in [1.54, 1.807) is 16.9 Å². The Bertz CT molecular complexity index is 318. The minimum absolute atomic E-state index is 0.0817. The summed E-state index contributed by atoms with van der Waals surface area (Å²) in [6.45, 7) is 2.63. The molecule has 1 fully saturated rings. The second kappa shape index (κ2) is 4.44. The summed E-state index contributed by atoms with van der Waals surface area (Å²) >= 11 is 0. The molecule has 0 saturated carbocycles. The molecule has 1 aromatic rings. The fourth-order valence-electron chi connectivity index (χ4n) is 1.92. The largest absolute Gasteiger partial charge is 0.506 e. The highest BCUT2D eigenvalue weighted by Gasteiger charge is 2.16. The summed E-state index contributed by atoms with van der Waals surface area (Å²) < 4.78 is 1.77. The number of hydrogen-bond acceptors (Lipinski definition) is 4. The molecule has 3 N–H and O–H groups in total. The first-order chi connectivity index (χ1) is 7.31. The minimum Gasteiger partial charge on any atom is -0.506 e. The van der Waals surface area contributed by atoms with Crippen LogP contribution in [0.2, 0.25) is 0 Å². The van der Waals surface area contributed by atoms with Crippen LogP contribution in [0.4, 0.5) is 5.82 Å². The Morgan fingerprint density at radius 3 is 2.73 bits per heavy atom. The number of aromatic nitrogens is 1. The van der Waals surface area contributed by atoms with Crippen molar-refractivity contribution in [2.75, 3.05) is 36.6 Å². The molecule has 0 spiro atoms. The molecule has 0 bridgehead atoms. The van der Waals surface area contributed by atoms with Gasteiger partial charge < -0.3 is 20.5 Å². The number of nitrogens with zero attached hydrogens (tertiary/aromatic N) is 2. The van der Waals surface area contributed by atoms with Crippen molar-refractivity contribution in [3.63, 3.8) is 0 Å². The van der Waals surface area contributed by atoms with E-state index in [1.165, 1.54) is 12.8 Å². The van der Waals surface area contributed by atoms with E-state index >= 15 is 0 Å². The van der Waals surface area contributed by atoms with Crippen LogP contribution in [0.15, 0.2) is 12.3 Å². The summed E-state index contributed by atoms with van der Waals surface area (Å²) in [6, 6.07) is 1.75. The van der Waals surface area contributed by atoms with Crippen molar-refractivity contribution in [2.45, 2.75) is 12.8 Å². The molecule has 1 saturated heterocycles. The Morgan fingerprint density at radius 2 is 2.07 bits per heavy atom. The van der Waals surface area contributed by atoms with Crippen LogP contribution < -0.4 is 10.3 Å². The van der Waals surface area contributed by atoms with Crippen molar-refractivity contribution >= 4 is 5.82 Å². The topological polar surface area (TPSA) is 60.7 Å². The highest BCUT2D eigenvalue weighted by molar-refractivity contribution is 5.47. The molecule has 0 atom stereocenters. The van der Waals surface area contributed by atoms with Crippen LogP contribution >= 0.6 is 0 Å². The zero-order valence-corrected chi connectivity index (χ0v) is 8.69. The number of aliphatic hydroxyl groups excluding tert-OH is 1. The minimum atomic E-state index is 0.0817. The van der Waals surface area contributed by atoms with Gasteiger partial charge in [-0.1, -0.05) is 0 Å². The van der Waals surface area contributed by atoms with Crippen LogP contribution in [-0.2, 0) is 0 Å². The highest BCUT2D eigenvalue weighted by Crippen LogP contribution is 2.25. The van der Waals surface area contributed by atoms with E-state index in [2.05, 4.69) is 10.3 Å². The summed E-state index contributed by atoms with van der Waals surface area (Å²) in [4.78, 5) is 2.23. The van der Waals surface area contributed by atoms with Crippen LogP contribution in [0.3, 0.4) is 0 Å². The molecule has 5 nitrogen and oxygen atoms in total. The molecule has 84 valence electrons. The highest BCUT2D eigenvalue weighted by atomic mass is 16.3. The fourth-order valence-corrected chi connectivity index (χ4v) is 1.92. The smallest absolute Gasteiger partial charge is 0.137 e. The number of aromatic hydroxyl groups is 1. The van der Waals surface area contributed by atoms with Gasteiger partial charge in [0.15, 0.2) is 0 Å². The van der Waals surface area contributed by atoms with Crippen LogP contribution in [0.5, 0.6) is 5.75 Å². The van der Waals surface area contributed by atoms with E-state index in [1.807, 2.05) is 0 Å². The maximum atomic E-state index is 9.44. The standard InChI is InChI=1S/C10H17N3O2/c14-6-3-11-13-8-9(15)7-10(13)12-4-1-2-5-12/h7-8,11,14-15H,1-6H2. The van der Waals surface area contributed by atoms with Crippen LogP contribution in [0, 0.1) is 0 Å². The summed E-state index contributed by atoms with van der Waals surface area (Å²) in [5, 5.41) is 18.2. The van der Waals surface area contributed by atoms with Gasteiger partial charge in [0.05, 0.1) is 19.3 Å². The maximum absolute atomic E-state index is 9.44. The predicted octanol–water partition coefficient (Wildman–Crippen LogP) is 0.330. The van der Waals surface area contributed by atoms with Crippen molar-refractivity contribution in [3.8, 4) is 5.75 Å². The van der Waals surface area contributed by atoms with E-state index in [0.717, 1.165) is 18.9 Å². The fraction of sp³-hybridized carbons (Fsp3) is 0.600. The monoisotopic (exact) mass is 211 g/mol. The van der Waals surface area contributed by atoms with Gasteiger partial charge in [0.2, 0.25) is 0 Å². The van der Waals surface area contributed by atoms with Crippen molar-refractivity contribution in [1.29, 1.82) is 0 Å². The third-order valence-electron chi connectivity index (χ3n) is 2.61. The third-order valence-corrected chi connectivity index (χ3v) is 2.61. The molecule has 0 aromatic carbocycles. The molecule has 1 aliphatic heterocycles. The number of hydrogen-bond donors (Lipinski definition) is 3. The number of rotatable bonds is 4. The molecule has 0 amide bonds. The SMILES string of the molecule is OCCNn1cc(O)cc1N1CCCC1. The van der Waals surface area contributed by atoms with Gasteiger partial charge in [-0.05, 0) is 12.8 Å². The lowest BCUT2D eigenvalue weighted by Gasteiger charge is -2.20. The van der Waals surface area contributed by atoms with Crippen LogP contribution in [-0.4, -0.2) is 41.1 Å². The normalized spacial score (nSPS) is 15.9. The molecule has 2 rings (SSSR count). The van der Waals surface area contributed by atoms with Gasteiger partial charge in [0.1, 0.15) is 11.6 Å². The van der Waals surface area contributed by atoms with Gasteiger partial charge in [-0.15, -0.1) is 0 Å². The average Bonchev–Trinajstić information content (AvgIpc) is 2.83. The Hall–Kier alpha value is -1.36. The zero-order chi connectivity index (χ0) is 10.7. The summed E-state index contributed by atoms with van der Waals surface area (Å²) in [5.74, 6) is 1.22. The molecule has 5 heteroatoms. The molecule has 2 heterocycles. The Kier molecular flexibility index (Phi) is 3.01. The number of anilines is 1. The molecule has 1 aliphatic rings. The lowest BCUT2D eigenvalue weighted by Crippen LogP contribution is -2.26. The van der Waals surface area contributed by atoms with Gasteiger partial charge in [-0.25, -0.2) is 4.68 Å². The second-order valence-corrected chi connectivity index (χ2v) is 3.75. The van der Waals surface area contributed by atoms with Crippen molar-refractivity contribution < 1.29 is 10.2 Å². The number of nitrogens with one attached hydrogen (secondary N) is 1. The lowest BCUT2D eigenvalue weighted by molar-refractivity contribution is 0.307. The van der Waals surface area contributed by atoms with Gasteiger partial charge in [-0.2, -0.15) is 0 Å². The summed E-state index contributed by atoms with van der Waals surface area (Å²) in [5.41, 5.74) is 3.03. The van der Waals surface area contributed by atoms with Crippen LogP contribution in [0.25, 0.3) is 0 Å². The van der Waals surface area contributed by atoms with Gasteiger partial charge in [0.25, 0.3) is 0 Å². The third kappa shape index (κ3) is 2.18. The number of aliphatic hydroxyl groups is 1. The van der Waals surface area contributed by atoms with Crippen molar-refractivity contribution in [3.05, 3.63) is 12.3 Å². The van der Waals surface area contributed by atoms with E-state index < -0.39 is 0 Å². The lowest BCUT2D eigenvalue weighted by atomic mass is 10.4. The van der Waals surface area contributed by atoms with Crippen LogP contribution in [0.1, 0.15) is 12.8 Å². The summed E-state index contributed by atoms with van der Waals surface area (Å²) in [6.07, 6.45) is 4.03. The van der Waals surface area contributed by atoms with Crippen molar-refractivity contribution in [2.24, 2.45) is 0 Å². The average molecular weight is 211 g/mol. The molecular weight excluding hydrogens is 194 g/mol. The molecule has 0 radical (unpaired) electrons. The first-order valence-electron chi connectivity index (χ1n) is 5.32. The van der Waals surface area contributed by atoms with Gasteiger partial charge >= 0.3 is 0 Å². The first-order valence-corrected chi connectivity index (χ1v) is 5.32. The Morgan fingerprint density at radius 1 is 1.33 bits per heavy atom. The summed E-state index contributed by atoms with van der Waals surface area (Å²) in [7, 11) is 0. The maximum Gasteiger partial charge on any atom is 0.137 e. The van der Waals surface area contributed by atoms with Gasteiger partial charge in [-0.3, -0.25) is 0 Å². The van der Waals surface area contributed by atoms with Gasteiger partial charge in [0, 0.05) is 19.2 Å². The van der Waals surface area contributed by atoms with E-state index in [4.69, 9.17) is 5.11 Å². The molecule has 1 aromatic heterocycles. The Labute approximate surface area is 88.9 Å². The van der Waals surface area contributed by atoms with E-state index in [0.29, 0.717) is 6.54 Å². The first kappa shape index (κ1) is 10.2.